The molecule has 0 N–H and O–H groups in total. The average Bonchev–Trinajstić information content (AvgIpc) is 2.21. The van der Waals surface area contributed by atoms with Crippen molar-refractivity contribution in [2.45, 2.75) is 0 Å². The molecule has 0 aliphatic carbocycles. The highest BCUT2D eigenvalue weighted by atomic mass is 35.5. The van der Waals surface area contributed by atoms with Crippen LogP contribution in [0.5, 0.6) is 0 Å². The fourth-order valence-corrected chi connectivity index (χ4v) is 1.89. The third kappa shape index (κ3) is 1.75. The van der Waals surface area contributed by atoms with Gasteiger partial charge in [0.2, 0.25) is 0 Å². The summed E-state index contributed by atoms with van der Waals surface area (Å²) in [5.41, 5.74) is -0.859. The maximum Gasteiger partial charge on any atom is 0.510 e. The molecular weight excluding hydrogens is 242 g/mol. The zero-order valence-corrected chi connectivity index (χ0v) is 8.61. The van der Waals surface area contributed by atoms with Gasteiger partial charge >= 0.3 is 6.98 Å². The van der Waals surface area contributed by atoms with Gasteiger partial charge in [-0.25, -0.2) is 4.39 Å². The Bertz CT molecular complexity index is 550. The van der Waals surface area contributed by atoms with Gasteiger partial charge in [0.25, 0.3) is 0 Å². The van der Waals surface area contributed by atoms with Gasteiger partial charge in [-0.15, -0.1) is 0 Å². The van der Waals surface area contributed by atoms with Crippen LogP contribution in [0.2, 0.25) is 5.02 Å². The molecule has 0 radical (unpaired) electrons. The van der Waals surface area contributed by atoms with Crippen molar-refractivity contribution in [1.82, 2.24) is 0 Å². The summed E-state index contributed by atoms with van der Waals surface area (Å²) in [5, 5.41) is -0.466. The minimum atomic E-state index is -5.20. The van der Waals surface area contributed by atoms with E-state index in [4.69, 9.17) is 11.6 Å². The van der Waals surface area contributed by atoms with E-state index in [2.05, 4.69) is 0 Å². The zero-order chi connectivity index (χ0) is 11.9. The van der Waals surface area contributed by atoms with Gasteiger partial charge < -0.3 is 12.9 Å². The molecule has 0 aliphatic heterocycles. The molecule has 0 bridgehead atoms. The minimum absolute atomic E-state index is 0.267. The second-order valence-corrected chi connectivity index (χ2v) is 3.76. The molecule has 0 fully saturated rings. The molecule has 0 unspecified atom stereocenters. The van der Waals surface area contributed by atoms with Crippen LogP contribution in [-0.4, -0.2) is 6.98 Å². The molecule has 2 aromatic rings. The summed E-state index contributed by atoms with van der Waals surface area (Å²) in [6.07, 6.45) is 0. The Balaban J connectivity index is 2.91. The molecule has 0 heterocycles. The Labute approximate surface area is 93.9 Å². The highest BCUT2D eigenvalue weighted by Crippen LogP contribution is 2.27. The van der Waals surface area contributed by atoms with Gasteiger partial charge in [-0.2, -0.15) is 0 Å². The van der Waals surface area contributed by atoms with E-state index in [1.165, 1.54) is 18.2 Å². The number of hydrogen-bond donors (Lipinski definition) is 0. The molecule has 84 valence electrons. The van der Waals surface area contributed by atoms with Crippen molar-refractivity contribution in [3.8, 4) is 0 Å². The fourth-order valence-electron chi connectivity index (χ4n) is 1.61. The van der Waals surface area contributed by atoms with Gasteiger partial charge in [0.1, 0.15) is 5.82 Å². The largest absolute Gasteiger partial charge is 0.510 e. The second-order valence-electron chi connectivity index (χ2n) is 3.38. The predicted molar refractivity (Wildman–Crippen MR) is 57.6 cm³/mol. The molecule has 16 heavy (non-hydrogen) atoms. The second kappa shape index (κ2) is 3.66. The highest BCUT2D eigenvalue weighted by molar-refractivity contribution is 6.76. The standard InChI is InChI=1S/C10H5BClF4/c12-10-8(13)5-4-6-2-1-3-7(9(6)10)11(14,15)16/h1-5H/q-1. The Hall–Kier alpha value is -1.23. The van der Waals surface area contributed by atoms with Gasteiger partial charge in [-0.3, -0.25) is 0 Å². The highest BCUT2D eigenvalue weighted by Gasteiger charge is 2.28. The average molecular weight is 247 g/mol. The molecular formula is C10H5BClF4-. The van der Waals surface area contributed by atoms with Crippen molar-refractivity contribution in [1.29, 1.82) is 0 Å². The third-order valence-corrected chi connectivity index (χ3v) is 2.69. The first-order valence-electron chi connectivity index (χ1n) is 4.48. The molecule has 0 amide bonds. The summed E-state index contributed by atoms with van der Waals surface area (Å²) in [6, 6.07) is 5.99. The van der Waals surface area contributed by atoms with Crippen LogP contribution in [0.3, 0.4) is 0 Å². The number of rotatable bonds is 1. The molecule has 0 saturated carbocycles. The molecule has 2 rings (SSSR count). The lowest BCUT2D eigenvalue weighted by Gasteiger charge is -2.18. The van der Waals surface area contributed by atoms with E-state index in [0.717, 1.165) is 12.1 Å². The molecule has 0 saturated heterocycles. The monoisotopic (exact) mass is 247 g/mol. The minimum Gasteiger partial charge on any atom is -0.445 e. The van der Waals surface area contributed by atoms with Crippen molar-refractivity contribution in [2.75, 3.05) is 0 Å². The Morgan fingerprint density at radius 1 is 1.00 bits per heavy atom. The topological polar surface area (TPSA) is 0 Å². The van der Waals surface area contributed by atoms with Gasteiger partial charge in [-0.05, 0) is 16.8 Å². The molecule has 0 atom stereocenters. The van der Waals surface area contributed by atoms with Crippen molar-refractivity contribution in [3.63, 3.8) is 0 Å². The van der Waals surface area contributed by atoms with Crippen LogP contribution in [0.25, 0.3) is 10.8 Å². The number of benzene rings is 2. The van der Waals surface area contributed by atoms with Gasteiger partial charge in [0, 0.05) is 0 Å². The van der Waals surface area contributed by atoms with Gasteiger partial charge in [0.15, 0.2) is 0 Å². The molecule has 2 aromatic carbocycles. The van der Waals surface area contributed by atoms with Crippen LogP contribution < -0.4 is 5.46 Å². The van der Waals surface area contributed by atoms with Crippen molar-refractivity contribution in [3.05, 3.63) is 41.2 Å². The van der Waals surface area contributed by atoms with Crippen LogP contribution in [0.4, 0.5) is 17.3 Å². The van der Waals surface area contributed by atoms with E-state index < -0.39 is 23.3 Å². The third-order valence-electron chi connectivity index (χ3n) is 2.32. The smallest absolute Gasteiger partial charge is 0.445 e. The zero-order valence-electron chi connectivity index (χ0n) is 7.85. The van der Waals surface area contributed by atoms with Crippen molar-refractivity contribution < 1.29 is 17.3 Å². The molecule has 6 heteroatoms. The number of hydrogen-bond acceptors (Lipinski definition) is 0. The summed E-state index contributed by atoms with van der Waals surface area (Å²) in [7, 11) is 0. The first-order chi connectivity index (χ1) is 7.41. The summed E-state index contributed by atoms with van der Waals surface area (Å²) < 4.78 is 51.3. The van der Waals surface area contributed by atoms with E-state index in [9.17, 15) is 17.3 Å². The number of fused-ring (bicyclic) bond motifs is 1. The summed E-state index contributed by atoms with van der Waals surface area (Å²) in [5.74, 6) is -0.846. The van der Waals surface area contributed by atoms with Gasteiger partial charge in [-0.1, -0.05) is 41.3 Å². The van der Waals surface area contributed by atoms with Crippen LogP contribution in [0, 0.1) is 5.82 Å². The fraction of sp³-hybridized carbons (Fsp3) is 0. The summed E-state index contributed by atoms with van der Waals surface area (Å²) in [6.45, 7) is -5.20. The summed E-state index contributed by atoms with van der Waals surface area (Å²) >= 11 is 5.57. The Morgan fingerprint density at radius 3 is 2.31 bits per heavy atom. The van der Waals surface area contributed by atoms with E-state index in [-0.39, 0.29) is 10.8 Å². The van der Waals surface area contributed by atoms with Gasteiger partial charge in [0.05, 0.1) is 5.02 Å². The van der Waals surface area contributed by atoms with Crippen LogP contribution >= 0.6 is 11.6 Å². The lowest BCUT2D eigenvalue weighted by Crippen LogP contribution is -2.34. The van der Waals surface area contributed by atoms with Crippen molar-refractivity contribution in [2.24, 2.45) is 0 Å². The Morgan fingerprint density at radius 2 is 1.69 bits per heavy atom. The molecule has 0 spiro atoms. The van der Waals surface area contributed by atoms with Crippen LogP contribution in [0.1, 0.15) is 0 Å². The Kier molecular flexibility index (Phi) is 2.58. The SMILES string of the molecule is Fc1ccc2cccc([B-](F)(F)F)c2c1Cl. The maximum atomic E-state index is 13.1. The molecule has 0 nitrogen and oxygen atoms in total. The molecule has 0 aliphatic rings. The lowest BCUT2D eigenvalue weighted by molar-refractivity contribution is 0.501. The quantitative estimate of drug-likeness (QED) is 0.532. The van der Waals surface area contributed by atoms with E-state index in [1.54, 1.807) is 0 Å². The lowest BCUT2D eigenvalue weighted by atomic mass is 9.77. The predicted octanol–water partition coefficient (Wildman–Crippen LogP) is 3.69. The molecule has 0 aromatic heterocycles. The first kappa shape index (κ1) is 11.3. The first-order valence-corrected chi connectivity index (χ1v) is 4.85. The van der Waals surface area contributed by atoms with Crippen LogP contribution in [-0.2, 0) is 0 Å². The summed E-state index contributed by atoms with van der Waals surface area (Å²) in [4.78, 5) is 0. The maximum absolute atomic E-state index is 13.1. The van der Waals surface area contributed by atoms with E-state index in [1.807, 2.05) is 0 Å². The number of halogens is 5. The van der Waals surface area contributed by atoms with Crippen LogP contribution in [0.15, 0.2) is 30.3 Å². The van der Waals surface area contributed by atoms with E-state index >= 15 is 0 Å². The van der Waals surface area contributed by atoms with E-state index in [0.29, 0.717) is 0 Å². The normalized spacial score (nSPS) is 12.1. The van der Waals surface area contributed by atoms with Crippen molar-refractivity contribution >= 4 is 34.8 Å².